The smallest absolute Gasteiger partial charge is 0.0420 e. The molecule has 0 N–H and O–H groups in total. The Morgan fingerprint density at radius 3 is 1.58 bits per heavy atom. The predicted octanol–water partition coefficient (Wildman–Crippen LogP) is 7.08. The molecule has 0 heterocycles. The average Bonchev–Trinajstić information content (AvgIpc) is 2.32. The van der Waals surface area contributed by atoms with E-state index in [0.717, 1.165) is 23.7 Å². The van der Waals surface area contributed by atoms with E-state index in [1.807, 2.05) is 0 Å². The van der Waals surface area contributed by atoms with Crippen molar-refractivity contribution >= 4 is 0 Å². The van der Waals surface area contributed by atoms with Crippen molar-refractivity contribution < 1.29 is 0 Å². The van der Waals surface area contributed by atoms with Gasteiger partial charge in [-0.1, -0.05) is 99.3 Å². The van der Waals surface area contributed by atoms with E-state index >= 15 is 0 Å². The maximum Gasteiger partial charge on any atom is -0.0420 e. The fourth-order valence-electron chi connectivity index (χ4n) is 2.66. The number of rotatable bonds is 12. The summed E-state index contributed by atoms with van der Waals surface area (Å²) in [4.78, 5) is 0. The summed E-state index contributed by atoms with van der Waals surface area (Å²) < 4.78 is 0. The lowest BCUT2D eigenvalue weighted by molar-refractivity contribution is 0.370. The summed E-state index contributed by atoms with van der Waals surface area (Å²) in [6.07, 6.45) is 13.0. The molecule has 0 aromatic rings. The van der Waals surface area contributed by atoms with E-state index in [9.17, 15) is 0 Å². The zero-order chi connectivity index (χ0) is 14.7. The lowest BCUT2D eigenvalue weighted by Gasteiger charge is -2.15. The van der Waals surface area contributed by atoms with Crippen molar-refractivity contribution in [2.24, 2.45) is 23.7 Å². The molecule has 0 radical (unpaired) electrons. The Labute approximate surface area is 123 Å². The highest BCUT2D eigenvalue weighted by Gasteiger charge is 2.06. The second kappa shape index (κ2) is 11.8. The van der Waals surface area contributed by atoms with Gasteiger partial charge in [-0.25, -0.2) is 0 Å². The molecule has 0 aliphatic carbocycles. The molecule has 19 heavy (non-hydrogen) atoms. The van der Waals surface area contributed by atoms with Crippen LogP contribution in [0, 0.1) is 23.7 Å². The van der Waals surface area contributed by atoms with Crippen LogP contribution in [0.3, 0.4) is 0 Å². The molecule has 0 bridgehead atoms. The molecule has 0 rings (SSSR count). The summed E-state index contributed by atoms with van der Waals surface area (Å²) >= 11 is 0. The summed E-state index contributed by atoms with van der Waals surface area (Å²) in [6, 6.07) is 0. The Morgan fingerprint density at radius 2 is 1.05 bits per heavy atom. The van der Waals surface area contributed by atoms with Crippen molar-refractivity contribution in [2.75, 3.05) is 0 Å². The van der Waals surface area contributed by atoms with Crippen molar-refractivity contribution in [3.05, 3.63) is 0 Å². The van der Waals surface area contributed by atoms with Gasteiger partial charge >= 0.3 is 0 Å². The van der Waals surface area contributed by atoms with Gasteiger partial charge in [-0.3, -0.25) is 0 Å². The van der Waals surface area contributed by atoms with Gasteiger partial charge in [0.15, 0.2) is 0 Å². The molecule has 0 aromatic carbocycles. The average molecular weight is 269 g/mol. The predicted molar refractivity (Wildman–Crippen MR) is 89.6 cm³/mol. The molecular weight excluding hydrogens is 228 g/mol. The van der Waals surface area contributed by atoms with Crippen molar-refractivity contribution in [3.8, 4) is 0 Å². The van der Waals surface area contributed by atoms with Crippen LogP contribution in [-0.2, 0) is 0 Å². The molecule has 0 heteroatoms. The van der Waals surface area contributed by atoms with Gasteiger partial charge < -0.3 is 0 Å². The van der Waals surface area contributed by atoms with Gasteiger partial charge in [-0.05, 0) is 23.7 Å². The minimum atomic E-state index is 0.862. The van der Waals surface area contributed by atoms with Gasteiger partial charge in [0.25, 0.3) is 0 Å². The monoisotopic (exact) mass is 268 g/mol. The van der Waals surface area contributed by atoms with Gasteiger partial charge in [-0.15, -0.1) is 0 Å². The van der Waals surface area contributed by atoms with E-state index < -0.39 is 0 Å². The molecule has 2 atom stereocenters. The van der Waals surface area contributed by atoms with Crippen molar-refractivity contribution in [1.82, 2.24) is 0 Å². The third-order valence-electron chi connectivity index (χ3n) is 4.72. The molecule has 0 amide bonds. The number of unbranched alkanes of at least 4 members (excludes halogenated alkanes) is 3. The second-order valence-electron chi connectivity index (χ2n) is 7.64. The van der Waals surface area contributed by atoms with Gasteiger partial charge in [0.1, 0.15) is 0 Å². The third kappa shape index (κ3) is 12.8. The first-order valence-electron chi connectivity index (χ1n) is 8.93. The van der Waals surface area contributed by atoms with Gasteiger partial charge in [0.2, 0.25) is 0 Å². The van der Waals surface area contributed by atoms with Crippen LogP contribution in [0.5, 0.6) is 0 Å². The zero-order valence-corrected chi connectivity index (χ0v) is 14.7. The van der Waals surface area contributed by atoms with Crippen LogP contribution in [-0.4, -0.2) is 0 Å². The molecule has 0 fully saturated rings. The quantitative estimate of drug-likeness (QED) is 0.332. The first-order chi connectivity index (χ1) is 8.93. The van der Waals surface area contributed by atoms with E-state index in [1.54, 1.807) is 0 Å². The highest BCUT2D eigenvalue weighted by molar-refractivity contribution is 4.59. The first-order valence-corrected chi connectivity index (χ1v) is 8.93. The van der Waals surface area contributed by atoms with Gasteiger partial charge in [0.05, 0.1) is 0 Å². The van der Waals surface area contributed by atoms with E-state index in [4.69, 9.17) is 0 Å². The van der Waals surface area contributed by atoms with E-state index in [1.165, 1.54) is 57.8 Å². The Morgan fingerprint density at radius 1 is 0.526 bits per heavy atom. The summed E-state index contributed by atoms with van der Waals surface area (Å²) in [6.45, 7) is 14.2. The summed E-state index contributed by atoms with van der Waals surface area (Å²) in [5.41, 5.74) is 0. The lowest BCUT2D eigenvalue weighted by Crippen LogP contribution is -2.03. The van der Waals surface area contributed by atoms with Crippen LogP contribution in [0.15, 0.2) is 0 Å². The number of hydrogen-bond acceptors (Lipinski definition) is 0. The summed E-state index contributed by atoms with van der Waals surface area (Å²) in [7, 11) is 0. The molecule has 0 aliphatic heterocycles. The SMILES string of the molecule is CC(C)CCCC(C)CCCCCCC(C)C(C)C. The minimum absolute atomic E-state index is 0.862. The van der Waals surface area contributed by atoms with Crippen LogP contribution in [0.4, 0.5) is 0 Å². The summed E-state index contributed by atoms with van der Waals surface area (Å²) in [5, 5.41) is 0. The maximum absolute atomic E-state index is 2.45. The Hall–Kier alpha value is 0. The fourth-order valence-corrected chi connectivity index (χ4v) is 2.66. The van der Waals surface area contributed by atoms with Crippen LogP contribution in [0.25, 0.3) is 0 Å². The molecule has 0 aliphatic rings. The first kappa shape index (κ1) is 19.0. The lowest BCUT2D eigenvalue weighted by atomic mass is 9.91. The van der Waals surface area contributed by atoms with Gasteiger partial charge in [0, 0.05) is 0 Å². The van der Waals surface area contributed by atoms with Crippen LogP contribution < -0.4 is 0 Å². The molecule has 2 unspecified atom stereocenters. The second-order valence-corrected chi connectivity index (χ2v) is 7.64. The van der Waals surface area contributed by atoms with Crippen LogP contribution in [0.2, 0.25) is 0 Å². The zero-order valence-electron chi connectivity index (χ0n) is 14.7. The fraction of sp³-hybridized carbons (Fsp3) is 1.00. The highest BCUT2D eigenvalue weighted by atomic mass is 14.1. The van der Waals surface area contributed by atoms with Crippen molar-refractivity contribution in [2.45, 2.75) is 99.3 Å². The van der Waals surface area contributed by atoms with Crippen LogP contribution >= 0.6 is 0 Å². The molecule has 0 nitrogen and oxygen atoms in total. The topological polar surface area (TPSA) is 0 Å². The molecule has 0 aromatic heterocycles. The van der Waals surface area contributed by atoms with Crippen molar-refractivity contribution in [1.29, 1.82) is 0 Å². The van der Waals surface area contributed by atoms with Gasteiger partial charge in [-0.2, -0.15) is 0 Å². The van der Waals surface area contributed by atoms with E-state index in [2.05, 4.69) is 41.5 Å². The highest BCUT2D eigenvalue weighted by Crippen LogP contribution is 2.20. The number of hydrogen-bond donors (Lipinski definition) is 0. The summed E-state index contributed by atoms with van der Waals surface area (Å²) in [5.74, 6) is 3.61. The Bertz CT molecular complexity index is 180. The molecule has 0 saturated carbocycles. The molecule has 0 saturated heterocycles. The normalized spacial score (nSPS) is 15.2. The standard InChI is InChI=1S/C19H40/c1-16(2)12-11-14-18(5)13-9-7-8-10-15-19(6)17(3)4/h16-19H,7-15H2,1-6H3. The van der Waals surface area contributed by atoms with E-state index in [-0.39, 0.29) is 0 Å². The largest absolute Gasteiger partial charge is 0.0628 e. The van der Waals surface area contributed by atoms with Crippen LogP contribution in [0.1, 0.15) is 99.3 Å². The minimum Gasteiger partial charge on any atom is -0.0628 e. The third-order valence-corrected chi connectivity index (χ3v) is 4.72. The molecule has 0 spiro atoms. The molecule has 116 valence electrons. The Kier molecular flexibility index (Phi) is 11.8. The van der Waals surface area contributed by atoms with E-state index in [0.29, 0.717) is 0 Å². The Balaban J connectivity index is 3.29. The maximum atomic E-state index is 2.45. The van der Waals surface area contributed by atoms with Crippen molar-refractivity contribution in [3.63, 3.8) is 0 Å². The molecular formula is C19H40.